The number of carbonyl (C=O) groups is 2. The number of benzene rings is 1. The molecule has 1 atom stereocenters. The van der Waals surface area contributed by atoms with Crippen LogP contribution in [0.5, 0.6) is 0 Å². The van der Waals surface area contributed by atoms with Gasteiger partial charge in [-0.05, 0) is 18.1 Å². The van der Waals surface area contributed by atoms with Gasteiger partial charge in [0, 0.05) is 26.2 Å². The first kappa shape index (κ1) is 18.5. The maximum atomic E-state index is 12.4. The molecule has 1 aromatic carbocycles. The van der Waals surface area contributed by atoms with E-state index in [4.69, 9.17) is 11.6 Å². The summed E-state index contributed by atoms with van der Waals surface area (Å²) in [6.07, 6.45) is 4.23. The Bertz CT molecular complexity index is 608. The van der Waals surface area contributed by atoms with Crippen molar-refractivity contribution >= 4 is 23.4 Å². The Morgan fingerprint density at radius 2 is 1.88 bits per heavy atom. The SMILES string of the molecule is CC(C)[C@@H](NC(=O)c1ccccc1Cl)C(=O)NCCN1CC=CC1. The minimum absolute atomic E-state index is 0.0232. The second kappa shape index (κ2) is 8.85. The fraction of sp³-hybridized carbons (Fsp3) is 0.444. The van der Waals surface area contributed by atoms with E-state index >= 15 is 0 Å². The summed E-state index contributed by atoms with van der Waals surface area (Å²) in [7, 11) is 0. The van der Waals surface area contributed by atoms with Crippen LogP contribution in [0.2, 0.25) is 5.02 Å². The van der Waals surface area contributed by atoms with Gasteiger partial charge in [-0.25, -0.2) is 0 Å². The molecule has 1 aliphatic heterocycles. The molecule has 0 bridgehead atoms. The predicted molar refractivity (Wildman–Crippen MR) is 96.1 cm³/mol. The van der Waals surface area contributed by atoms with Gasteiger partial charge in [-0.3, -0.25) is 14.5 Å². The van der Waals surface area contributed by atoms with E-state index in [1.165, 1.54) is 0 Å². The van der Waals surface area contributed by atoms with Crippen LogP contribution in [-0.2, 0) is 4.79 Å². The van der Waals surface area contributed by atoms with Crippen molar-refractivity contribution in [3.05, 3.63) is 47.0 Å². The molecule has 24 heavy (non-hydrogen) atoms. The number of nitrogens with one attached hydrogen (secondary N) is 2. The monoisotopic (exact) mass is 349 g/mol. The quantitative estimate of drug-likeness (QED) is 0.741. The van der Waals surface area contributed by atoms with E-state index in [2.05, 4.69) is 27.7 Å². The van der Waals surface area contributed by atoms with Gasteiger partial charge in [0.1, 0.15) is 6.04 Å². The normalized spacial score (nSPS) is 15.5. The van der Waals surface area contributed by atoms with E-state index in [1.54, 1.807) is 24.3 Å². The van der Waals surface area contributed by atoms with Crippen molar-refractivity contribution in [2.45, 2.75) is 19.9 Å². The van der Waals surface area contributed by atoms with Crippen molar-refractivity contribution < 1.29 is 9.59 Å². The van der Waals surface area contributed by atoms with Gasteiger partial charge < -0.3 is 10.6 Å². The zero-order valence-corrected chi connectivity index (χ0v) is 14.8. The zero-order valence-electron chi connectivity index (χ0n) is 14.1. The second-order valence-electron chi connectivity index (χ2n) is 6.20. The van der Waals surface area contributed by atoms with Gasteiger partial charge >= 0.3 is 0 Å². The standard InChI is InChI=1S/C18H24ClN3O2/c1-13(2)16(18(24)20-9-12-22-10-5-6-11-22)21-17(23)14-7-3-4-8-15(14)19/h3-8,13,16H,9-12H2,1-2H3,(H,20,24)(H,21,23)/t16-/m1/s1. The minimum atomic E-state index is -0.592. The van der Waals surface area contributed by atoms with Gasteiger partial charge in [0.2, 0.25) is 5.91 Å². The van der Waals surface area contributed by atoms with Gasteiger partial charge in [-0.1, -0.05) is 49.7 Å². The molecule has 0 aromatic heterocycles. The van der Waals surface area contributed by atoms with Gasteiger partial charge in [-0.2, -0.15) is 0 Å². The molecule has 1 heterocycles. The lowest BCUT2D eigenvalue weighted by Crippen LogP contribution is -2.50. The third kappa shape index (κ3) is 5.08. The summed E-state index contributed by atoms with van der Waals surface area (Å²) in [6.45, 7) is 7.01. The zero-order chi connectivity index (χ0) is 17.5. The van der Waals surface area contributed by atoms with Crippen LogP contribution in [0, 0.1) is 5.92 Å². The van der Waals surface area contributed by atoms with Crippen molar-refractivity contribution in [2.75, 3.05) is 26.2 Å². The summed E-state index contributed by atoms with van der Waals surface area (Å²) in [5, 5.41) is 6.07. The first-order valence-electron chi connectivity index (χ1n) is 8.19. The van der Waals surface area contributed by atoms with Gasteiger partial charge in [0.15, 0.2) is 0 Å². The predicted octanol–water partition coefficient (Wildman–Crippen LogP) is 2.08. The number of nitrogens with zero attached hydrogens (tertiary/aromatic N) is 1. The molecule has 0 radical (unpaired) electrons. The molecule has 0 spiro atoms. The molecule has 6 heteroatoms. The summed E-state index contributed by atoms with van der Waals surface area (Å²) in [4.78, 5) is 27.0. The maximum Gasteiger partial charge on any atom is 0.253 e. The summed E-state index contributed by atoms with van der Waals surface area (Å²) < 4.78 is 0. The topological polar surface area (TPSA) is 61.4 Å². The lowest BCUT2D eigenvalue weighted by molar-refractivity contribution is -0.123. The Balaban J connectivity index is 1.89. The molecule has 0 aliphatic carbocycles. The third-order valence-corrected chi connectivity index (χ3v) is 4.30. The van der Waals surface area contributed by atoms with Crippen molar-refractivity contribution in [2.24, 2.45) is 5.92 Å². The molecule has 2 rings (SSSR count). The highest BCUT2D eigenvalue weighted by atomic mass is 35.5. The molecule has 130 valence electrons. The number of halogens is 1. The van der Waals surface area contributed by atoms with Crippen LogP contribution in [0.25, 0.3) is 0 Å². The molecule has 0 fully saturated rings. The lowest BCUT2D eigenvalue weighted by Gasteiger charge is -2.23. The highest BCUT2D eigenvalue weighted by Gasteiger charge is 2.25. The number of hydrogen-bond donors (Lipinski definition) is 2. The van der Waals surface area contributed by atoms with E-state index in [0.29, 0.717) is 17.1 Å². The Morgan fingerprint density at radius 3 is 2.50 bits per heavy atom. The molecule has 1 aliphatic rings. The van der Waals surface area contributed by atoms with E-state index in [1.807, 2.05) is 13.8 Å². The molecule has 2 N–H and O–H groups in total. The van der Waals surface area contributed by atoms with E-state index in [0.717, 1.165) is 19.6 Å². The molecular formula is C18H24ClN3O2. The van der Waals surface area contributed by atoms with Crippen LogP contribution in [0.4, 0.5) is 0 Å². The summed E-state index contributed by atoms with van der Waals surface area (Å²) in [5.41, 5.74) is 0.376. The Hall–Kier alpha value is -1.85. The molecule has 5 nitrogen and oxygen atoms in total. The smallest absolute Gasteiger partial charge is 0.253 e. The largest absolute Gasteiger partial charge is 0.353 e. The lowest BCUT2D eigenvalue weighted by atomic mass is 10.0. The van der Waals surface area contributed by atoms with Crippen molar-refractivity contribution in [3.8, 4) is 0 Å². The highest BCUT2D eigenvalue weighted by molar-refractivity contribution is 6.33. The Labute approximate surface area is 148 Å². The van der Waals surface area contributed by atoms with Crippen molar-refractivity contribution in [1.29, 1.82) is 0 Å². The highest BCUT2D eigenvalue weighted by Crippen LogP contribution is 2.15. The van der Waals surface area contributed by atoms with E-state index in [9.17, 15) is 9.59 Å². The van der Waals surface area contributed by atoms with Crippen molar-refractivity contribution in [3.63, 3.8) is 0 Å². The molecule has 0 saturated heterocycles. The van der Waals surface area contributed by atoms with Crippen LogP contribution in [0.1, 0.15) is 24.2 Å². The number of amides is 2. The maximum absolute atomic E-state index is 12.4. The molecule has 0 unspecified atom stereocenters. The average Bonchev–Trinajstić information content (AvgIpc) is 3.05. The summed E-state index contributed by atoms with van der Waals surface area (Å²) in [5.74, 6) is -0.527. The molecule has 2 amide bonds. The van der Waals surface area contributed by atoms with Gasteiger partial charge in [-0.15, -0.1) is 0 Å². The Kier molecular flexibility index (Phi) is 6.82. The third-order valence-electron chi connectivity index (χ3n) is 3.98. The fourth-order valence-electron chi connectivity index (χ4n) is 2.55. The Morgan fingerprint density at radius 1 is 1.21 bits per heavy atom. The van der Waals surface area contributed by atoms with E-state index in [-0.39, 0.29) is 17.7 Å². The van der Waals surface area contributed by atoms with Gasteiger partial charge in [0.05, 0.1) is 10.6 Å². The van der Waals surface area contributed by atoms with Crippen LogP contribution >= 0.6 is 11.6 Å². The summed E-state index contributed by atoms with van der Waals surface area (Å²) in [6, 6.07) is 6.22. The average molecular weight is 350 g/mol. The minimum Gasteiger partial charge on any atom is -0.353 e. The second-order valence-corrected chi connectivity index (χ2v) is 6.60. The summed E-state index contributed by atoms with van der Waals surface area (Å²) >= 11 is 6.05. The first-order chi connectivity index (χ1) is 11.5. The van der Waals surface area contributed by atoms with Crippen LogP contribution in [-0.4, -0.2) is 48.9 Å². The first-order valence-corrected chi connectivity index (χ1v) is 8.57. The molecule has 0 saturated carbocycles. The number of carbonyl (C=O) groups excluding carboxylic acids is 2. The number of hydrogen-bond acceptors (Lipinski definition) is 3. The fourth-order valence-corrected chi connectivity index (χ4v) is 2.77. The van der Waals surface area contributed by atoms with Crippen molar-refractivity contribution in [1.82, 2.24) is 15.5 Å². The van der Waals surface area contributed by atoms with Gasteiger partial charge in [0.25, 0.3) is 5.91 Å². The number of rotatable bonds is 7. The van der Waals surface area contributed by atoms with E-state index < -0.39 is 6.04 Å². The van der Waals surface area contributed by atoms with Crippen LogP contribution in [0.3, 0.4) is 0 Å². The van der Waals surface area contributed by atoms with Crippen LogP contribution in [0.15, 0.2) is 36.4 Å². The molecular weight excluding hydrogens is 326 g/mol. The molecule has 1 aromatic rings. The van der Waals surface area contributed by atoms with Crippen LogP contribution < -0.4 is 10.6 Å².